The molecule has 0 spiro atoms. The van der Waals surface area contributed by atoms with Gasteiger partial charge in [-0.1, -0.05) is 6.92 Å². The largest absolute Gasteiger partial charge is 0.480 e. The summed E-state index contributed by atoms with van der Waals surface area (Å²) in [5.74, 6) is 0.246. The summed E-state index contributed by atoms with van der Waals surface area (Å²) in [7, 11) is -2.90. The number of sulfone groups is 1. The van der Waals surface area contributed by atoms with E-state index in [2.05, 4.69) is 0 Å². The fraction of sp³-hybridized carbons (Fsp3) is 0.875. The Morgan fingerprint density at radius 2 is 2.13 bits per heavy atom. The van der Waals surface area contributed by atoms with Crippen LogP contribution in [-0.4, -0.2) is 48.5 Å². The molecular formula is C8H17NO4S2. The highest BCUT2D eigenvalue weighted by Crippen LogP contribution is 2.05. The number of carbonyl (C=O) groups is 1. The first kappa shape index (κ1) is 14.7. The van der Waals surface area contributed by atoms with Gasteiger partial charge in [0.2, 0.25) is 0 Å². The van der Waals surface area contributed by atoms with Crippen LogP contribution in [0.4, 0.5) is 0 Å². The molecule has 7 heteroatoms. The van der Waals surface area contributed by atoms with Gasteiger partial charge in [0.1, 0.15) is 15.9 Å². The lowest BCUT2D eigenvalue weighted by Gasteiger charge is -2.05. The van der Waals surface area contributed by atoms with Crippen molar-refractivity contribution in [3.8, 4) is 0 Å². The number of nitrogens with two attached hydrogens (primary N) is 1. The Morgan fingerprint density at radius 3 is 2.60 bits per heavy atom. The van der Waals surface area contributed by atoms with Crippen LogP contribution in [0.25, 0.3) is 0 Å². The number of hydrogen-bond acceptors (Lipinski definition) is 5. The van der Waals surface area contributed by atoms with Crippen molar-refractivity contribution in [2.75, 3.05) is 23.0 Å². The van der Waals surface area contributed by atoms with Gasteiger partial charge >= 0.3 is 5.97 Å². The zero-order valence-electron chi connectivity index (χ0n) is 8.68. The molecule has 0 amide bonds. The van der Waals surface area contributed by atoms with Crippen LogP contribution in [0.15, 0.2) is 0 Å². The standard InChI is InChI=1S/C8H17NO4S2/c1-2-15(12,13)5-3-4-14-6-7(9)8(10)11/h7H,2-6,9H2,1H3,(H,10,11)/t7-/m1/s1. The van der Waals surface area contributed by atoms with Gasteiger partial charge in [0.25, 0.3) is 0 Å². The van der Waals surface area contributed by atoms with Crippen molar-refractivity contribution in [1.29, 1.82) is 0 Å². The van der Waals surface area contributed by atoms with E-state index in [1.807, 2.05) is 0 Å². The van der Waals surface area contributed by atoms with Crippen LogP contribution < -0.4 is 5.73 Å². The van der Waals surface area contributed by atoms with Crippen molar-refractivity contribution in [3.05, 3.63) is 0 Å². The molecule has 0 aromatic heterocycles. The normalized spacial score (nSPS) is 13.7. The van der Waals surface area contributed by atoms with Crippen LogP contribution in [0.5, 0.6) is 0 Å². The van der Waals surface area contributed by atoms with Gasteiger partial charge < -0.3 is 10.8 Å². The van der Waals surface area contributed by atoms with Crippen molar-refractivity contribution in [1.82, 2.24) is 0 Å². The van der Waals surface area contributed by atoms with Crippen molar-refractivity contribution >= 4 is 27.6 Å². The van der Waals surface area contributed by atoms with Crippen LogP contribution in [0.1, 0.15) is 13.3 Å². The zero-order valence-corrected chi connectivity index (χ0v) is 10.3. The predicted molar refractivity (Wildman–Crippen MR) is 61.9 cm³/mol. The molecule has 3 N–H and O–H groups in total. The predicted octanol–water partition coefficient (Wildman–Crippen LogP) is -0.0437. The van der Waals surface area contributed by atoms with Crippen molar-refractivity contribution < 1.29 is 18.3 Å². The van der Waals surface area contributed by atoms with Gasteiger partial charge in [-0.25, -0.2) is 8.42 Å². The second-order valence-corrected chi connectivity index (χ2v) is 6.73. The molecule has 1 atom stereocenters. The van der Waals surface area contributed by atoms with Crippen LogP contribution in [0.3, 0.4) is 0 Å². The number of hydrogen-bond donors (Lipinski definition) is 2. The Morgan fingerprint density at radius 1 is 1.53 bits per heavy atom. The number of thioether (sulfide) groups is 1. The molecule has 0 saturated carbocycles. The van der Waals surface area contributed by atoms with E-state index in [0.717, 1.165) is 0 Å². The van der Waals surface area contributed by atoms with Crippen LogP contribution in [0.2, 0.25) is 0 Å². The minimum atomic E-state index is -2.90. The molecule has 0 fully saturated rings. The highest BCUT2D eigenvalue weighted by molar-refractivity contribution is 7.99. The average molecular weight is 255 g/mol. The van der Waals surface area contributed by atoms with Crippen molar-refractivity contribution in [3.63, 3.8) is 0 Å². The third-order valence-electron chi connectivity index (χ3n) is 1.80. The molecule has 0 aliphatic rings. The number of carboxylic acids is 1. The van der Waals surface area contributed by atoms with Gasteiger partial charge in [-0.05, 0) is 12.2 Å². The quantitative estimate of drug-likeness (QED) is 0.590. The second-order valence-electron chi connectivity index (χ2n) is 3.11. The number of carboxylic acid groups (broad SMARTS) is 1. The molecule has 0 saturated heterocycles. The smallest absolute Gasteiger partial charge is 0.321 e. The summed E-state index contributed by atoms with van der Waals surface area (Å²) < 4.78 is 22.2. The highest BCUT2D eigenvalue weighted by Gasteiger charge is 2.11. The summed E-state index contributed by atoms with van der Waals surface area (Å²) in [4.78, 5) is 10.3. The first-order valence-corrected chi connectivity index (χ1v) is 7.63. The molecule has 15 heavy (non-hydrogen) atoms. The molecule has 0 bridgehead atoms. The Bertz CT molecular complexity index is 289. The summed E-state index contributed by atoms with van der Waals surface area (Å²) in [6.45, 7) is 1.61. The average Bonchev–Trinajstić information content (AvgIpc) is 2.16. The van der Waals surface area contributed by atoms with E-state index in [0.29, 0.717) is 17.9 Å². The van der Waals surface area contributed by atoms with E-state index < -0.39 is 21.8 Å². The summed E-state index contributed by atoms with van der Waals surface area (Å²) >= 11 is 1.37. The fourth-order valence-corrected chi connectivity index (χ4v) is 2.77. The number of rotatable bonds is 8. The Balaban J connectivity index is 3.53. The molecule has 0 aliphatic heterocycles. The molecule has 0 rings (SSSR count). The molecule has 5 nitrogen and oxygen atoms in total. The van der Waals surface area contributed by atoms with E-state index in [1.54, 1.807) is 6.92 Å². The van der Waals surface area contributed by atoms with E-state index in [9.17, 15) is 13.2 Å². The topological polar surface area (TPSA) is 97.5 Å². The Kier molecular flexibility index (Phi) is 6.95. The molecule has 0 unspecified atom stereocenters. The van der Waals surface area contributed by atoms with Crippen LogP contribution in [-0.2, 0) is 14.6 Å². The SMILES string of the molecule is CCS(=O)(=O)CCCSC[C@@H](N)C(=O)O. The van der Waals surface area contributed by atoms with Crippen molar-refractivity contribution in [2.45, 2.75) is 19.4 Å². The second kappa shape index (κ2) is 7.08. The first-order valence-electron chi connectivity index (χ1n) is 4.65. The van der Waals surface area contributed by atoms with E-state index >= 15 is 0 Å². The monoisotopic (exact) mass is 255 g/mol. The van der Waals surface area contributed by atoms with Gasteiger partial charge in [-0.15, -0.1) is 0 Å². The van der Waals surface area contributed by atoms with E-state index in [1.165, 1.54) is 11.8 Å². The van der Waals surface area contributed by atoms with Gasteiger partial charge in [0.05, 0.1) is 5.75 Å². The van der Waals surface area contributed by atoms with Gasteiger partial charge in [-0.3, -0.25) is 4.79 Å². The van der Waals surface area contributed by atoms with Gasteiger partial charge in [-0.2, -0.15) is 11.8 Å². The Hall–Kier alpha value is -0.270. The fourth-order valence-electron chi connectivity index (χ4n) is 0.807. The van der Waals surface area contributed by atoms with E-state index in [4.69, 9.17) is 10.8 Å². The maximum Gasteiger partial charge on any atom is 0.321 e. The molecule has 0 radical (unpaired) electrons. The summed E-state index contributed by atoms with van der Waals surface area (Å²) in [6.07, 6.45) is 0.549. The zero-order chi connectivity index (χ0) is 11.9. The summed E-state index contributed by atoms with van der Waals surface area (Å²) in [5, 5.41) is 8.47. The summed E-state index contributed by atoms with van der Waals surface area (Å²) in [5.41, 5.74) is 5.27. The third-order valence-corrected chi connectivity index (χ3v) is 4.76. The Labute approximate surface area is 94.3 Å². The van der Waals surface area contributed by atoms with Gasteiger partial charge in [0.15, 0.2) is 0 Å². The maximum absolute atomic E-state index is 11.1. The maximum atomic E-state index is 11.1. The molecule has 0 heterocycles. The molecule has 0 aromatic rings. The highest BCUT2D eigenvalue weighted by atomic mass is 32.2. The first-order chi connectivity index (χ1) is 6.89. The molecular weight excluding hydrogens is 238 g/mol. The van der Waals surface area contributed by atoms with Gasteiger partial charge in [0, 0.05) is 11.5 Å². The lowest BCUT2D eigenvalue weighted by atomic mass is 10.4. The van der Waals surface area contributed by atoms with Crippen LogP contribution in [0, 0.1) is 0 Å². The molecule has 90 valence electrons. The lowest BCUT2D eigenvalue weighted by Crippen LogP contribution is -2.32. The lowest BCUT2D eigenvalue weighted by molar-refractivity contribution is -0.137. The molecule has 0 aromatic carbocycles. The van der Waals surface area contributed by atoms with E-state index in [-0.39, 0.29) is 11.5 Å². The minimum absolute atomic E-state index is 0.159. The summed E-state index contributed by atoms with van der Waals surface area (Å²) in [6, 6.07) is -0.863. The van der Waals surface area contributed by atoms with Crippen LogP contribution >= 0.6 is 11.8 Å². The third kappa shape index (κ3) is 7.64. The van der Waals surface area contributed by atoms with Crippen molar-refractivity contribution in [2.24, 2.45) is 5.73 Å². The molecule has 0 aliphatic carbocycles. The number of aliphatic carboxylic acids is 1. The minimum Gasteiger partial charge on any atom is -0.480 e.